The van der Waals surface area contributed by atoms with E-state index in [2.05, 4.69) is 21.1 Å². The van der Waals surface area contributed by atoms with Gasteiger partial charge in [-0.15, -0.1) is 0 Å². The third-order valence-electron chi connectivity index (χ3n) is 2.79. The highest BCUT2D eigenvalue weighted by molar-refractivity contribution is 9.11. The van der Waals surface area contributed by atoms with Crippen LogP contribution in [-0.4, -0.2) is 11.9 Å². The van der Waals surface area contributed by atoms with Crippen LogP contribution in [0, 0.1) is 0 Å². The highest BCUT2D eigenvalue weighted by Gasteiger charge is 2.62. The Labute approximate surface area is 131 Å². The van der Waals surface area contributed by atoms with Gasteiger partial charge in [0, 0.05) is 22.0 Å². The van der Waals surface area contributed by atoms with Gasteiger partial charge in [-0.1, -0.05) is 44.3 Å². The van der Waals surface area contributed by atoms with Gasteiger partial charge in [0.15, 0.2) is 0 Å². The Morgan fingerprint density at radius 1 is 1.25 bits per heavy atom. The molecule has 2 nitrogen and oxygen atoms in total. The number of alkyl halides is 3. The number of hydrogen-bond donors (Lipinski definition) is 0. The van der Waals surface area contributed by atoms with E-state index in [9.17, 15) is 13.2 Å². The molecule has 0 aromatic heterocycles. The molecular weight excluding hydrogens is 382 g/mol. The van der Waals surface area contributed by atoms with Crippen LogP contribution in [0.2, 0.25) is 10.0 Å². The van der Waals surface area contributed by atoms with E-state index in [0.717, 1.165) is 0 Å². The van der Waals surface area contributed by atoms with Gasteiger partial charge in [0.2, 0.25) is 0 Å². The summed E-state index contributed by atoms with van der Waals surface area (Å²) < 4.78 is 40.4. The van der Waals surface area contributed by atoms with Crippen molar-refractivity contribution in [2.24, 2.45) is 5.16 Å². The molecule has 1 aromatic rings. The summed E-state index contributed by atoms with van der Waals surface area (Å²) >= 11 is 14.5. The molecule has 0 bridgehead atoms. The molecular formula is C12H7BrCl2F3NO. The summed E-state index contributed by atoms with van der Waals surface area (Å²) in [6, 6.07) is 3.71. The smallest absolute Gasteiger partial charge is 0.374 e. The minimum Gasteiger partial charge on any atom is -0.374 e. The van der Waals surface area contributed by atoms with Crippen molar-refractivity contribution >= 4 is 44.8 Å². The SMILES string of the molecule is FC(F)(F)C1(c2cc(Cl)cc(Cl)c2)CC(/C=C/Br)=NO1. The molecule has 0 saturated carbocycles. The summed E-state index contributed by atoms with van der Waals surface area (Å²) in [4.78, 5) is 6.15. The molecule has 0 amide bonds. The van der Waals surface area contributed by atoms with Crippen LogP contribution in [0.3, 0.4) is 0 Å². The van der Waals surface area contributed by atoms with E-state index in [-0.39, 0.29) is 21.3 Å². The first-order valence-corrected chi connectivity index (χ1v) is 7.01. The van der Waals surface area contributed by atoms with E-state index in [1.807, 2.05) is 0 Å². The lowest BCUT2D eigenvalue weighted by Crippen LogP contribution is -2.42. The molecule has 1 aliphatic heterocycles. The Kier molecular flexibility index (Phi) is 4.37. The molecule has 1 aliphatic rings. The molecule has 1 unspecified atom stereocenters. The number of benzene rings is 1. The zero-order chi connectivity index (χ0) is 15.0. The van der Waals surface area contributed by atoms with Crippen LogP contribution in [0.4, 0.5) is 13.2 Å². The molecule has 0 aliphatic carbocycles. The molecule has 1 atom stereocenters. The molecule has 1 aromatic carbocycles. The number of oxime groups is 1. The summed E-state index contributed by atoms with van der Waals surface area (Å²) in [5, 5.41) is 3.68. The minimum absolute atomic E-state index is 0.101. The zero-order valence-electron chi connectivity index (χ0n) is 9.72. The largest absolute Gasteiger partial charge is 0.435 e. The van der Waals surface area contributed by atoms with E-state index in [1.54, 1.807) is 0 Å². The first-order chi connectivity index (χ1) is 9.28. The molecule has 1 heterocycles. The molecule has 108 valence electrons. The average molecular weight is 389 g/mol. The highest BCUT2D eigenvalue weighted by atomic mass is 79.9. The minimum atomic E-state index is -4.66. The van der Waals surface area contributed by atoms with Crippen molar-refractivity contribution in [2.75, 3.05) is 0 Å². The maximum atomic E-state index is 13.5. The second-order valence-corrected chi connectivity index (χ2v) is 5.53. The van der Waals surface area contributed by atoms with E-state index < -0.39 is 18.2 Å². The van der Waals surface area contributed by atoms with Crippen molar-refractivity contribution in [1.82, 2.24) is 0 Å². The van der Waals surface area contributed by atoms with Crippen molar-refractivity contribution in [2.45, 2.75) is 18.2 Å². The van der Waals surface area contributed by atoms with Crippen LogP contribution in [0.25, 0.3) is 0 Å². The van der Waals surface area contributed by atoms with Crippen molar-refractivity contribution in [3.63, 3.8) is 0 Å². The first-order valence-electron chi connectivity index (χ1n) is 5.33. The number of hydrogen-bond acceptors (Lipinski definition) is 2. The predicted molar refractivity (Wildman–Crippen MR) is 75.4 cm³/mol. The Morgan fingerprint density at radius 2 is 1.85 bits per heavy atom. The van der Waals surface area contributed by atoms with E-state index in [4.69, 9.17) is 28.0 Å². The van der Waals surface area contributed by atoms with Crippen molar-refractivity contribution in [1.29, 1.82) is 0 Å². The van der Waals surface area contributed by atoms with Crippen LogP contribution in [0.5, 0.6) is 0 Å². The molecule has 8 heteroatoms. The van der Waals surface area contributed by atoms with Crippen LogP contribution >= 0.6 is 39.1 Å². The summed E-state index contributed by atoms with van der Waals surface area (Å²) in [7, 11) is 0. The quantitative estimate of drug-likeness (QED) is 0.661. The Hall–Kier alpha value is -0.720. The first kappa shape index (κ1) is 15.7. The fourth-order valence-corrected chi connectivity index (χ4v) is 2.71. The monoisotopic (exact) mass is 387 g/mol. The molecule has 20 heavy (non-hydrogen) atoms. The number of nitrogens with zero attached hydrogens (tertiary/aromatic N) is 1. The van der Waals surface area contributed by atoms with E-state index in [0.29, 0.717) is 0 Å². The van der Waals surface area contributed by atoms with Gasteiger partial charge in [-0.3, -0.25) is 0 Å². The van der Waals surface area contributed by atoms with Crippen molar-refractivity contribution in [3.8, 4) is 0 Å². The van der Waals surface area contributed by atoms with E-state index >= 15 is 0 Å². The second-order valence-electron chi connectivity index (χ2n) is 4.13. The van der Waals surface area contributed by atoms with Crippen LogP contribution < -0.4 is 0 Å². The lowest BCUT2D eigenvalue weighted by molar-refractivity contribution is -0.275. The van der Waals surface area contributed by atoms with Gasteiger partial charge in [0.05, 0.1) is 5.71 Å². The fraction of sp³-hybridized carbons (Fsp3) is 0.250. The van der Waals surface area contributed by atoms with Gasteiger partial charge in [-0.25, -0.2) is 0 Å². The zero-order valence-corrected chi connectivity index (χ0v) is 12.8. The summed E-state index contributed by atoms with van der Waals surface area (Å²) in [6.45, 7) is 0. The fourth-order valence-electron chi connectivity index (χ4n) is 1.88. The van der Waals surface area contributed by atoms with Gasteiger partial charge in [0.25, 0.3) is 5.60 Å². The van der Waals surface area contributed by atoms with Crippen molar-refractivity contribution < 1.29 is 18.0 Å². The van der Waals surface area contributed by atoms with Gasteiger partial charge >= 0.3 is 6.18 Å². The van der Waals surface area contributed by atoms with Gasteiger partial charge in [0.1, 0.15) is 0 Å². The van der Waals surface area contributed by atoms with Crippen molar-refractivity contribution in [3.05, 3.63) is 44.9 Å². The molecule has 0 radical (unpaired) electrons. The Morgan fingerprint density at radius 3 is 2.35 bits per heavy atom. The lowest BCUT2D eigenvalue weighted by Gasteiger charge is -2.29. The molecule has 0 fully saturated rings. The lowest BCUT2D eigenvalue weighted by atomic mass is 9.88. The predicted octanol–water partition coefficient (Wildman–Crippen LogP) is 5.44. The molecule has 0 spiro atoms. The van der Waals surface area contributed by atoms with Gasteiger partial charge in [-0.05, 0) is 29.3 Å². The third kappa shape index (κ3) is 2.82. The number of rotatable bonds is 2. The molecule has 0 N–H and O–H groups in total. The van der Waals surface area contributed by atoms with Gasteiger partial charge < -0.3 is 4.84 Å². The summed E-state index contributed by atoms with van der Waals surface area (Å²) in [6.07, 6.45) is -3.72. The third-order valence-corrected chi connectivity index (χ3v) is 3.49. The second kappa shape index (κ2) is 5.58. The Bertz CT molecular complexity index is 568. The van der Waals surface area contributed by atoms with Gasteiger partial charge in [-0.2, -0.15) is 13.2 Å². The number of allylic oxidation sites excluding steroid dienone is 1. The maximum absolute atomic E-state index is 13.5. The normalized spacial score (nSPS) is 23.0. The highest BCUT2D eigenvalue weighted by Crippen LogP contribution is 2.49. The van der Waals surface area contributed by atoms with E-state index in [1.165, 1.54) is 29.3 Å². The van der Waals surface area contributed by atoms with Crippen LogP contribution in [0.15, 0.2) is 34.4 Å². The standard InChI is InChI=1S/C12H7BrCl2F3NO/c13-2-1-10-6-11(20-19-10,12(16,17)18)7-3-8(14)5-9(15)4-7/h1-5H,6H2/b2-1+. The number of halogens is 6. The topological polar surface area (TPSA) is 21.6 Å². The molecule has 2 rings (SSSR count). The van der Waals surface area contributed by atoms with Crippen LogP contribution in [0.1, 0.15) is 12.0 Å². The summed E-state index contributed by atoms with van der Waals surface area (Å²) in [5.41, 5.74) is -2.58. The average Bonchev–Trinajstić information content (AvgIpc) is 2.73. The molecule has 0 saturated heterocycles. The Balaban J connectivity index is 2.51. The maximum Gasteiger partial charge on any atom is 0.435 e. The summed E-state index contributed by atoms with van der Waals surface area (Å²) in [5.74, 6) is 0. The van der Waals surface area contributed by atoms with Crippen LogP contribution in [-0.2, 0) is 10.4 Å².